The van der Waals surface area contributed by atoms with Gasteiger partial charge in [-0.3, -0.25) is 0 Å². The standard InChI is InChI=1S/C15H26N2O/c1-5-16-15(4,12-18)11-17(6-2)14-9-7-8-13(3)10-14/h7-10,16,18H,5-6,11-12H2,1-4H3. The number of hydrogen-bond donors (Lipinski definition) is 2. The molecule has 1 aromatic carbocycles. The molecule has 0 radical (unpaired) electrons. The summed E-state index contributed by atoms with van der Waals surface area (Å²) in [4.78, 5) is 2.30. The number of rotatable bonds is 7. The monoisotopic (exact) mass is 250 g/mol. The van der Waals surface area contributed by atoms with Gasteiger partial charge in [-0.2, -0.15) is 0 Å². The van der Waals surface area contributed by atoms with Gasteiger partial charge < -0.3 is 15.3 Å². The van der Waals surface area contributed by atoms with E-state index in [-0.39, 0.29) is 12.1 Å². The van der Waals surface area contributed by atoms with Crippen LogP contribution in [0.3, 0.4) is 0 Å². The lowest BCUT2D eigenvalue weighted by Crippen LogP contribution is -2.54. The predicted molar refractivity (Wildman–Crippen MR) is 78.2 cm³/mol. The molecular weight excluding hydrogens is 224 g/mol. The minimum Gasteiger partial charge on any atom is -0.394 e. The average Bonchev–Trinajstić information content (AvgIpc) is 2.36. The quantitative estimate of drug-likeness (QED) is 0.778. The van der Waals surface area contributed by atoms with Crippen molar-refractivity contribution in [3.63, 3.8) is 0 Å². The van der Waals surface area contributed by atoms with Gasteiger partial charge in [0.25, 0.3) is 0 Å². The van der Waals surface area contributed by atoms with Crippen molar-refractivity contribution in [3.8, 4) is 0 Å². The maximum Gasteiger partial charge on any atom is 0.0627 e. The van der Waals surface area contributed by atoms with E-state index in [2.05, 4.69) is 62.2 Å². The number of nitrogens with one attached hydrogen (secondary N) is 1. The number of hydrogen-bond acceptors (Lipinski definition) is 3. The van der Waals surface area contributed by atoms with Crippen LogP contribution in [0, 0.1) is 6.92 Å². The number of nitrogens with zero attached hydrogens (tertiary/aromatic N) is 1. The highest BCUT2D eigenvalue weighted by Crippen LogP contribution is 2.18. The average molecular weight is 250 g/mol. The van der Waals surface area contributed by atoms with Crippen LogP contribution in [0.2, 0.25) is 0 Å². The summed E-state index contributed by atoms with van der Waals surface area (Å²) in [5.74, 6) is 0. The van der Waals surface area contributed by atoms with Crippen LogP contribution in [0.15, 0.2) is 24.3 Å². The minimum absolute atomic E-state index is 0.142. The molecule has 2 N–H and O–H groups in total. The molecule has 0 amide bonds. The van der Waals surface area contributed by atoms with Crippen molar-refractivity contribution in [1.82, 2.24) is 5.32 Å². The van der Waals surface area contributed by atoms with Crippen molar-refractivity contribution in [3.05, 3.63) is 29.8 Å². The van der Waals surface area contributed by atoms with E-state index in [9.17, 15) is 5.11 Å². The summed E-state index contributed by atoms with van der Waals surface area (Å²) in [6, 6.07) is 8.50. The van der Waals surface area contributed by atoms with Gasteiger partial charge in [-0.15, -0.1) is 0 Å². The molecule has 1 unspecified atom stereocenters. The summed E-state index contributed by atoms with van der Waals surface area (Å²) in [5, 5.41) is 12.9. The molecule has 0 aliphatic rings. The number of aryl methyl sites for hydroxylation is 1. The number of aliphatic hydroxyl groups excluding tert-OH is 1. The zero-order chi connectivity index (χ0) is 13.6. The van der Waals surface area contributed by atoms with Gasteiger partial charge in [-0.1, -0.05) is 19.1 Å². The molecule has 0 spiro atoms. The Kier molecular flexibility index (Phi) is 5.63. The Balaban J connectivity index is 2.84. The first-order valence-corrected chi connectivity index (χ1v) is 6.72. The second-order valence-corrected chi connectivity index (χ2v) is 5.10. The Bertz CT molecular complexity index is 367. The molecule has 18 heavy (non-hydrogen) atoms. The second-order valence-electron chi connectivity index (χ2n) is 5.10. The topological polar surface area (TPSA) is 35.5 Å². The van der Waals surface area contributed by atoms with Crippen LogP contribution < -0.4 is 10.2 Å². The molecule has 0 saturated heterocycles. The van der Waals surface area contributed by atoms with Crippen LogP contribution in [0.4, 0.5) is 5.69 Å². The Morgan fingerprint density at radius 2 is 2.06 bits per heavy atom. The summed E-state index contributed by atoms with van der Waals surface area (Å²) < 4.78 is 0. The fourth-order valence-electron chi connectivity index (χ4n) is 2.22. The third-order valence-electron chi connectivity index (χ3n) is 3.24. The highest BCUT2D eigenvalue weighted by Gasteiger charge is 2.24. The van der Waals surface area contributed by atoms with Crippen LogP contribution in [0.5, 0.6) is 0 Å². The largest absolute Gasteiger partial charge is 0.394 e. The van der Waals surface area contributed by atoms with Gasteiger partial charge >= 0.3 is 0 Å². The van der Waals surface area contributed by atoms with Gasteiger partial charge in [0, 0.05) is 18.8 Å². The fraction of sp³-hybridized carbons (Fsp3) is 0.600. The first-order chi connectivity index (χ1) is 8.54. The zero-order valence-corrected chi connectivity index (χ0v) is 12.0. The molecule has 0 fully saturated rings. The minimum atomic E-state index is -0.255. The third kappa shape index (κ3) is 4.00. The van der Waals surface area contributed by atoms with Crippen LogP contribution in [-0.2, 0) is 0 Å². The Hall–Kier alpha value is -1.06. The van der Waals surface area contributed by atoms with E-state index < -0.39 is 0 Å². The Labute approximate surface area is 111 Å². The number of benzene rings is 1. The predicted octanol–water partition coefficient (Wildman–Crippen LogP) is 2.18. The molecule has 0 aromatic heterocycles. The van der Waals surface area contributed by atoms with Crippen molar-refractivity contribution in [2.45, 2.75) is 33.2 Å². The van der Waals surface area contributed by atoms with Gasteiger partial charge in [-0.05, 0) is 45.0 Å². The lowest BCUT2D eigenvalue weighted by atomic mass is 10.0. The van der Waals surface area contributed by atoms with Crippen LogP contribution in [-0.4, -0.2) is 36.9 Å². The number of anilines is 1. The van der Waals surface area contributed by atoms with Crippen molar-refractivity contribution in [2.24, 2.45) is 0 Å². The summed E-state index contributed by atoms with van der Waals surface area (Å²) in [7, 11) is 0. The summed E-state index contributed by atoms with van der Waals surface area (Å²) in [6.07, 6.45) is 0. The molecule has 1 aromatic rings. The van der Waals surface area contributed by atoms with Crippen LogP contribution in [0.25, 0.3) is 0 Å². The highest BCUT2D eigenvalue weighted by molar-refractivity contribution is 5.48. The van der Waals surface area contributed by atoms with E-state index in [4.69, 9.17) is 0 Å². The summed E-state index contributed by atoms with van der Waals surface area (Å²) >= 11 is 0. The molecule has 3 nitrogen and oxygen atoms in total. The van der Waals surface area contributed by atoms with E-state index in [1.54, 1.807) is 0 Å². The van der Waals surface area contributed by atoms with E-state index in [0.29, 0.717) is 0 Å². The molecule has 0 heterocycles. The lowest BCUT2D eigenvalue weighted by molar-refractivity contribution is 0.180. The van der Waals surface area contributed by atoms with Crippen molar-refractivity contribution >= 4 is 5.69 Å². The van der Waals surface area contributed by atoms with E-state index in [1.807, 2.05) is 0 Å². The maximum absolute atomic E-state index is 9.57. The molecule has 0 aliphatic heterocycles. The molecule has 1 rings (SSSR count). The van der Waals surface area contributed by atoms with Gasteiger partial charge in [0.15, 0.2) is 0 Å². The normalized spacial score (nSPS) is 14.3. The van der Waals surface area contributed by atoms with E-state index in [0.717, 1.165) is 19.6 Å². The van der Waals surface area contributed by atoms with Crippen LogP contribution >= 0.6 is 0 Å². The van der Waals surface area contributed by atoms with Gasteiger partial charge in [-0.25, -0.2) is 0 Å². The SMILES string of the molecule is CCNC(C)(CO)CN(CC)c1cccc(C)c1. The van der Waals surface area contributed by atoms with E-state index in [1.165, 1.54) is 11.3 Å². The van der Waals surface area contributed by atoms with Crippen molar-refractivity contribution in [1.29, 1.82) is 0 Å². The molecule has 1 atom stereocenters. The molecule has 0 bridgehead atoms. The Morgan fingerprint density at radius 3 is 2.56 bits per heavy atom. The summed E-state index contributed by atoms with van der Waals surface area (Å²) in [6.45, 7) is 11.1. The highest BCUT2D eigenvalue weighted by atomic mass is 16.3. The van der Waals surface area contributed by atoms with Crippen molar-refractivity contribution in [2.75, 3.05) is 31.1 Å². The van der Waals surface area contributed by atoms with Crippen molar-refractivity contribution < 1.29 is 5.11 Å². The molecule has 0 aliphatic carbocycles. The smallest absolute Gasteiger partial charge is 0.0627 e. The zero-order valence-electron chi connectivity index (χ0n) is 12.0. The second kappa shape index (κ2) is 6.76. The fourth-order valence-corrected chi connectivity index (χ4v) is 2.22. The molecule has 3 heteroatoms. The Morgan fingerprint density at radius 1 is 1.33 bits per heavy atom. The first-order valence-electron chi connectivity index (χ1n) is 6.72. The molecular formula is C15H26N2O. The van der Waals surface area contributed by atoms with Gasteiger partial charge in [0.05, 0.1) is 12.1 Å². The molecule has 0 saturated carbocycles. The van der Waals surface area contributed by atoms with Crippen LogP contribution in [0.1, 0.15) is 26.3 Å². The maximum atomic E-state index is 9.57. The first kappa shape index (κ1) is 15.0. The lowest BCUT2D eigenvalue weighted by Gasteiger charge is -2.35. The summed E-state index contributed by atoms with van der Waals surface area (Å²) in [5.41, 5.74) is 2.23. The van der Waals surface area contributed by atoms with Gasteiger partial charge in [0.2, 0.25) is 0 Å². The van der Waals surface area contributed by atoms with Gasteiger partial charge in [0.1, 0.15) is 0 Å². The number of likely N-dealkylation sites (N-methyl/N-ethyl adjacent to an activating group) is 2. The van der Waals surface area contributed by atoms with E-state index >= 15 is 0 Å². The number of aliphatic hydroxyl groups is 1. The molecule has 102 valence electrons. The third-order valence-corrected chi connectivity index (χ3v) is 3.24.